The Morgan fingerprint density at radius 2 is 1.70 bits per heavy atom. The van der Waals surface area contributed by atoms with E-state index in [0.717, 1.165) is 18.2 Å². The van der Waals surface area contributed by atoms with Crippen LogP contribution >= 0.6 is 0 Å². The molecule has 1 N–H and O–H groups in total. The van der Waals surface area contributed by atoms with Gasteiger partial charge >= 0.3 is 0 Å². The lowest BCUT2D eigenvalue weighted by atomic mass is 9.99. The zero-order chi connectivity index (χ0) is 23.8. The average Bonchev–Trinajstić information content (AvgIpc) is 2.88. The van der Waals surface area contributed by atoms with Crippen LogP contribution in [0.3, 0.4) is 0 Å². The zero-order valence-electron chi connectivity index (χ0n) is 18.6. The monoisotopic (exact) mass is 450 g/mol. The number of hydrogen-bond acceptors (Lipinski definition) is 6. The van der Waals surface area contributed by atoms with E-state index in [4.69, 9.17) is 14.6 Å². The van der Waals surface area contributed by atoms with Gasteiger partial charge in [0.15, 0.2) is 11.5 Å². The number of amides is 1. The van der Waals surface area contributed by atoms with Gasteiger partial charge in [0, 0.05) is 26.3 Å². The molecule has 0 radical (unpaired) electrons. The molecule has 8 heteroatoms. The highest BCUT2D eigenvalue weighted by molar-refractivity contribution is 5.99. The minimum Gasteiger partial charge on any atom is -0.493 e. The molecule has 0 bridgehead atoms. The smallest absolute Gasteiger partial charge is 0.286 e. The number of hydrogen-bond donors (Lipinski definition) is 1. The normalized spacial score (nSPS) is 12.2. The van der Waals surface area contributed by atoms with Gasteiger partial charge in [-0.3, -0.25) is 14.9 Å². The number of methoxy groups -OCH3 is 1. The van der Waals surface area contributed by atoms with Gasteiger partial charge < -0.3 is 19.5 Å². The van der Waals surface area contributed by atoms with Gasteiger partial charge in [-0.15, -0.1) is 0 Å². The average molecular weight is 450 g/mol. The summed E-state index contributed by atoms with van der Waals surface area (Å²) in [5.41, 5.74) is 2.86. The summed E-state index contributed by atoms with van der Waals surface area (Å²) in [6.45, 7) is 1.15. The Kier molecular flexibility index (Phi) is 7.99. The lowest BCUT2D eigenvalue weighted by Crippen LogP contribution is -2.36. The van der Waals surface area contributed by atoms with Crippen LogP contribution in [0, 0.1) is 10.1 Å². The third-order valence-electron chi connectivity index (χ3n) is 5.36. The number of benzene rings is 3. The summed E-state index contributed by atoms with van der Waals surface area (Å²) in [6, 6.07) is 20.1. The fraction of sp³-hybridized carbons (Fsp3) is 0.240. The second kappa shape index (κ2) is 11.1. The highest BCUT2D eigenvalue weighted by Gasteiger charge is 2.30. The van der Waals surface area contributed by atoms with E-state index in [1.165, 1.54) is 24.8 Å². The van der Waals surface area contributed by atoms with Gasteiger partial charge in [0.05, 0.1) is 18.1 Å². The molecule has 1 aliphatic rings. The number of carbonyl (C=O) groups is 1. The number of aliphatic hydroxyl groups excluding tert-OH is 1. The van der Waals surface area contributed by atoms with Crippen LogP contribution in [0.1, 0.15) is 27.0 Å². The second-order valence-electron chi connectivity index (χ2n) is 7.30. The van der Waals surface area contributed by atoms with Gasteiger partial charge in [0.1, 0.15) is 12.2 Å². The molecular formula is C25H26N2O6. The molecule has 3 aromatic rings. The summed E-state index contributed by atoms with van der Waals surface area (Å²) in [6.07, 6.45) is 0.713. The molecule has 0 unspecified atom stereocenters. The zero-order valence-corrected chi connectivity index (χ0v) is 18.6. The first-order chi connectivity index (χ1) is 16.1. The van der Waals surface area contributed by atoms with Crippen LogP contribution in [0.5, 0.6) is 11.5 Å². The van der Waals surface area contributed by atoms with Crippen molar-refractivity contribution in [1.82, 2.24) is 4.90 Å². The Balaban J connectivity index is 0.00000149. The number of nitro groups is 1. The summed E-state index contributed by atoms with van der Waals surface area (Å²) in [5, 5.41) is 18.8. The van der Waals surface area contributed by atoms with Crippen molar-refractivity contribution in [3.8, 4) is 11.5 Å². The van der Waals surface area contributed by atoms with Crippen molar-refractivity contribution < 1.29 is 24.3 Å². The Bertz CT molecular complexity index is 1120. The van der Waals surface area contributed by atoms with Crippen LogP contribution in [0.4, 0.5) is 5.69 Å². The van der Waals surface area contributed by atoms with Crippen molar-refractivity contribution in [3.05, 3.63) is 99.1 Å². The molecule has 3 aromatic carbocycles. The standard InChI is InChI=1S/C24H22N2O5.CH4O/c1-30-22-13-20(24(27)25-12-11-18-9-5-6-10-19(18)15-25)21(26(28)29)14-23(22)31-16-17-7-3-2-4-8-17;1-2/h2-10,13-14H,11-12,15-16H2,1H3;2H,1H3. The molecule has 0 aliphatic carbocycles. The fourth-order valence-electron chi connectivity index (χ4n) is 3.72. The Labute approximate surface area is 192 Å². The van der Waals surface area contributed by atoms with Gasteiger partial charge in [-0.2, -0.15) is 0 Å². The number of aliphatic hydroxyl groups is 1. The molecule has 33 heavy (non-hydrogen) atoms. The number of rotatable bonds is 6. The van der Waals surface area contributed by atoms with Gasteiger partial charge in [-0.05, 0) is 23.1 Å². The van der Waals surface area contributed by atoms with E-state index < -0.39 is 10.8 Å². The van der Waals surface area contributed by atoms with Crippen molar-refractivity contribution >= 4 is 11.6 Å². The quantitative estimate of drug-likeness (QED) is 0.450. The van der Waals surface area contributed by atoms with Crippen molar-refractivity contribution in [2.75, 3.05) is 20.8 Å². The topological polar surface area (TPSA) is 102 Å². The molecule has 0 spiro atoms. The van der Waals surface area contributed by atoms with Crippen LogP contribution in [-0.2, 0) is 19.6 Å². The molecule has 4 rings (SSSR count). The molecule has 0 saturated carbocycles. The first kappa shape index (κ1) is 23.7. The van der Waals surface area contributed by atoms with Gasteiger partial charge in [-0.1, -0.05) is 54.6 Å². The van der Waals surface area contributed by atoms with Crippen LogP contribution in [0.2, 0.25) is 0 Å². The molecule has 172 valence electrons. The van der Waals surface area contributed by atoms with Gasteiger partial charge in [0.2, 0.25) is 0 Å². The Morgan fingerprint density at radius 3 is 2.36 bits per heavy atom. The first-order valence-electron chi connectivity index (χ1n) is 10.4. The van der Waals surface area contributed by atoms with E-state index in [1.54, 1.807) is 4.90 Å². The maximum absolute atomic E-state index is 13.2. The van der Waals surface area contributed by atoms with Crippen LogP contribution in [0.15, 0.2) is 66.7 Å². The summed E-state index contributed by atoms with van der Waals surface area (Å²) in [7, 11) is 2.45. The number of nitro benzene ring substituents is 1. The van der Waals surface area contributed by atoms with Crippen molar-refractivity contribution in [3.63, 3.8) is 0 Å². The first-order valence-corrected chi connectivity index (χ1v) is 10.4. The number of ether oxygens (including phenoxy) is 2. The molecule has 0 fully saturated rings. The van der Waals surface area contributed by atoms with Crippen molar-refractivity contribution in [1.29, 1.82) is 0 Å². The molecule has 8 nitrogen and oxygen atoms in total. The van der Waals surface area contributed by atoms with Gasteiger partial charge in [0.25, 0.3) is 11.6 Å². The van der Waals surface area contributed by atoms with E-state index in [9.17, 15) is 14.9 Å². The maximum atomic E-state index is 13.2. The molecule has 0 saturated heterocycles. The highest BCUT2D eigenvalue weighted by atomic mass is 16.6. The maximum Gasteiger partial charge on any atom is 0.286 e. The molecule has 1 heterocycles. The summed E-state index contributed by atoms with van der Waals surface area (Å²) >= 11 is 0. The van der Waals surface area contributed by atoms with Gasteiger partial charge in [-0.25, -0.2) is 0 Å². The molecule has 1 amide bonds. The van der Waals surface area contributed by atoms with Crippen LogP contribution in [-0.4, -0.2) is 41.6 Å². The molecular weight excluding hydrogens is 424 g/mol. The molecule has 0 aromatic heterocycles. The summed E-state index contributed by atoms with van der Waals surface area (Å²) in [4.78, 5) is 26.1. The largest absolute Gasteiger partial charge is 0.493 e. The van der Waals surface area contributed by atoms with E-state index in [-0.39, 0.29) is 29.4 Å². The van der Waals surface area contributed by atoms with E-state index >= 15 is 0 Å². The number of nitrogens with zero attached hydrogens (tertiary/aromatic N) is 2. The SMILES string of the molecule is CO.COc1cc(C(=O)N2CCc3ccccc3C2)c([N+](=O)[O-])cc1OCc1ccccc1. The highest BCUT2D eigenvalue weighted by Crippen LogP contribution is 2.36. The van der Waals surface area contributed by atoms with E-state index in [2.05, 4.69) is 0 Å². The second-order valence-corrected chi connectivity index (χ2v) is 7.30. The van der Waals surface area contributed by atoms with Crippen molar-refractivity contribution in [2.24, 2.45) is 0 Å². The predicted octanol–water partition coefficient (Wildman–Crippen LogP) is 3.99. The van der Waals surface area contributed by atoms with Crippen LogP contribution < -0.4 is 9.47 Å². The number of carbonyl (C=O) groups excluding carboxylic acids is 1. The minimum atomic E-state index is -0.556. The summed E-state index contributed by atoms with van der Waals surface area (Å²) in [5.74, 6) is 0.106. The third-order valence-corrected chi connectivity index (χ3v) is 5.36. The van der Waals surface area contributed by atoms with Crippen LogP contribution in [0.25, 0.3) is 0 Å². The lowest BCUT2D eigenvalue weighted by Gasteiger charge is -2.29. The minimum absolute atomic E-state index is 0.00621. The number of fused-ring (bicyclic) bond motifs is 1. The van der Waals surface area contributed by atoms with Crippen molar-refractivity contribution in [2.45, 2.75) is 19.6 Å². The molecule has 0 atom stereocenters. The fourth-order valence-corrected chi connectivity index (χ4v) is 3.72. The summed E-state index contributed by atoms with van der Waals surface area (Å²) < 4.78 is 11.2. The predicted molar refractivity (Wildman–Crippen MR) is 123 cm³/mol. The van der Waals surface area contributed by atoms with E-state index in [1.807, 2.05) is 54.6 Å². The Morgan fingerprint density at radius 1 is 1.03 bits per heavy atom. The molecule has 1 aliphatic heterocycles. The lowest BCUT2D eigenvalue weighted by molar-refractivity contribution is -0.385. The van der Waals surface area contributed by atoms with E-state index in [0.29, 0.717) is 19.5 Å². The third kappa shape index (κ3) is 5.48. The Hall–Kier alpha value is -3.91.